The third kappa shape index (κ3) is 12.7. The van der Waals surface area contributed by atoms with Gasteiger partial charge in [-0.2, -0.15) is 10.2 Å². The van der Waals surface area contributed by atoms with Gasteiger partial charge in [-0.1, -0.05) is 22.7 Å². The number of anilines is 4. The SMILES string of the molecule is CC(C)(C)OC(=O)N1CCN(CCCn2cc(-c3cnc4ccc(Nc5nncs5)nc4c3)cn2)CC1.c1nnc(Nc2ccc3ncc(-c4cnn(CCCN5CCNCC5)c4)cc3n2)s1. The minimum absolute atomic E-state index is 0.223. The Hall–Kier alpha value is -6.59. The molecule has 20 nitrogen and oxygen atoms in total. The van der Waals surface area contributed by atoms with E-state index in [-0.39, 0.29) is 6.09 Å². The summed E-state index contributed by atoms with van der Waals surface area (Å²) in [5, 5.41) is 35.9. The Bertz CT molecular complexity index is 2830. The molecule has 2 saturated heterocycles. The van der Waals surface area contributed by atoms with Crippen molar-refractivity contribution in [3.63, 3.8) is 0 Å². The lowest BCUT2D eigenvalue weighted by Crippen LogP contribution is -2.50. The molecule has 0 saturated carbocycles. The van der Waals surface area contributed by atoms with Crippen LogP contribution >= 0.6 is 22.7 Å². The average molecular weight is 943 g/mol. The molecule has 0 spiro atoms. The Morgan fingerprint density at radius 3 is 1.63 bits per heavy atom. The lowest BCUT2D eigenvalue weighted by molar-refractivity contribution is 0.0143. The van der Waals surface area contributed by atoms with Crippen molar-refractivity contribution in [1.82, 2.24) is 79.9 Å². The molecule has 2 fully saturated rings. The Morgan fingerprint density at radius 2 is 1.15 bits per heavy atom. The first-order valence-corrected chi connectivity index (χ1v) is 24.2. The first kappa shape index (κ1) is 45.6. The van der Waals surface area contributed by atoms with Crippen LogP contribution in [0.1, 0.15) is 33.6 Å². The summed E-state index contributed by atoms with van der Waals surface area (Å²) >= 11 is 2.86. The van der Waals surface area contributed by atoms with Crippen molar-refractivity contribution in [3.05, 3.63) is 84.6 Å². The maximum Gasteiger partial charge on any atom is 0.410 e. The zero-order valence-corrected chi connectivity index (χ0v) is 39.5. The molecule has 1 amide bonds. The molecule has 8 aromatic rings. The molecule has 0 aliphatic carbocycles. The van der Waals surface area contributed by atoms with E-state index in [0.717, 1.165) is 128 Å². The lowest BCUT2D eigenvalue weighted by atomic mass is 10.1. The van der Waals surface area contributed by atoms with Crippen LogP contribution in [0.4, 0.5) is 26.7 Å². The summed E-state index contributed by atoms with van der Waals surface area (Å²) in [7, 11) is 0. The fourth-order valence-electron chi connectivity index (χ4n) is 7.74. The van der Waals surface area contributed by atoms with Crippen molar-refractivity contribution in [2.24, 2.45) is 0 Å². The quantitative estimate of drug-likeness (QED) is 0.107. The van der Waals surface area contributed by atoms with Gasteiger partial charge in [0.1, 0.15) is 28.3 Å². The summed E-state index contributed by atoms with van der Waals surface area (Å²) in [6, 6.07) is 11.7. The van der Waals surface area contributed by atoms with Crippen LogP contribution < -0.4 is 16.0 Å². The highest BCUT2D eigenvalue weighted by molar-refractivity contribution is 7.13. The van der Waals surface area contributed by atoms with Gasteiger partial charge in [-0.25, -0.2) is 14.8 Å². The predicted octanol–water partition coefficient (Wildman–Crippen LogP) is 6.41. The number of hydrogen-bond donors (Lipinski definition) is 3. The number of pyridine rings is 4. The number of rotatable bonds is 14. The van der Waals surface area contributed by atoms with Crippen molar-refractivity contribution in [2.75, 3.05) is 76.1 Å². The van der Waals surface area contributed by atoms with Crippen molar-refractivity contribution >= 4 is 72.7 Å². The van der Waals surface area contributed by atoms with Crippen molar-refractivity contribution in [2.45, 2.75) is 52.3 Å². The summed E-state index contributed by atoms with van der Waals surface area (Å²) < 4.78 is 9.47. The summed E-state index contributed by atoms with van der Waals surface area (Å²) in [6.45, 7) is 17.1. The smallest absolute Gasteiger partial charge is 0.410 e. The number of aromatic nitrogens is 12. The highest BCUT2D eigenvalue weighted by Gasteiger charge is 2.25. The number of ether oxygens (including phenoxy) is 1. The summed E-state index contributed by atoms with van der Waals surface area (Å²) in [5.41, 5.74) is 10.2. The number of carbonyl (C=O) groups excluding carboxylic acids is 1. The zero-order chi connectivity index (χ0) is 46.0. The minimum Gasteiger partial charge on any atom is -0.444 e. The average Bonchev–Trinajstić information content (AvgIpc) is 4.20. The van der Waals surface area contributed by atoms with Crippen LogP contribution in [0.15, 0.2) is 84.6 Å². The lowest BCUT2D eigenvalue weighted by Gasteiger charge is -2.35. The maximum atomic E-state index is 12.2. The van der Waals surface area contributed by atoms with Crippen LogP contribution in [0.2, 0.25) is 0 Å². The number of carbonyl (C=O) groups is 1. The van der Waals surface area contributed by atoms with E-state index in [1.54, 1.807) is 15.9 Å². The van der Waals surface area contributed by atoms with Gasteiger partial charge in [0.2, 0.25) is 10.3 Å². The van der Waals surface area contributed by atoms with E-state index < -0.39 is 5.60 Å². The van der Waals surface area contributed by atoms with Crippen molar-refractivity contribution in [3.8, 4) is 22.3 Å². The second-order valence-corrected chi connectivity index (χ2v) is 18.9. The van der Waals surface area contributed by atoms with E-state index in [1.165, 1.54) is 22.7 Å². The number of nitrogens with one attached hydrogen (secondary N) is 3. The van der Waals surface area contributed by atoms with Gasteiger partial charge in [0, 0.05) is 119 Å². The largest absolute Gasteiger partial charge is 0.444 e. The maximum absolute atomic E-state index is 12.2. The number of fused-ring (bicyclic) bond motifs is 2. The molecule has 0 unspecified atom stereocenters. The normalized spacial score (nSPS) is 14.8. The van der Waals surface area contributed by atoms with Gasteiger partial charge in [0.15, 0.2) is 0 Å². The van der Waals surface area contributed by atoms with Crippen molar-refractivity contribution < 1.29 is 9.53 Å². The molecule has 8 aromatic heterocycles. The molecule has 0 radical (unpaired) electrons. The Balaban J connectivity index is 0.000000171. The number of amides is 1. The summed E-state index contributed by atoms with van der Waals surface area (Å²) in [6.07, 6.45) is 13.5. The van der Waals surface area contributed by atoms with Crippen LogP contribution in [-0.4, -0.2) is 152 Å². The standard InChI is InChI=1S/C25H31N9O2S.C20H23N9S/c1-25(2,3)36-24(35)33-11-9-32(10-12-33)7-4-8-34-16-19(15-28-34)18-13-21-20(26-14-18)5-6-22(29-21)30-23-31-27-17-37-23;1(6-28-8-4-21-5-9-28)7-29-13-16(12-24-29)15-10-18-17(22-11-15)2-3-19(25-18)26-20-27-23-14-30-20/h5-6,13-17H,4,7-12H2,1-3H3,(H,29,30,31);2-3,10-14,21H,1,4-9H2,(H,25,26,27). The topological polar surface area (TPSA) is 211 Å². The van der Waals surface area contributed by atoms with Crippen LogP contribution in [0, 0.1) is 0 Å². The molecule has 0 aromatic carbocycles. The second kappa shape index (κ2) is 21.4. The first-order valence-electron chi connectivity index (χ1n) is 22.4. The van der Waals surface area contributed by atoms with Gasteiger partial charge in [-0.15, -0.1) is 20.4 Å². The van der Waals surface area contributed by atoms with Crippen LogP contribution in [-0.2, 0) is 17.8 Å². The van der Waals surface area contributed by atoms with E-state index in [4.69, 9.17) is 4.74 Å². The Kier molecular flexibility index (Phi) is 14.5. The predicted molar refractivity (Wildman–Crippen MR) is 261 cm³/mol. The highest BCUT2D eigenvalue weighted by atomic mass is 32.1. The zero-order valence-electron chi connectivity index (χ0n) is 37.8. The molecule has 0 atom stereocenters. The highest BCUT2D eigenvalue weighted by Crippen LogP contribution is 2.26. The number of hydrogen-bond acceptors (Lipinski definition) is 19. The fourth-order valence-corrected chi connectivity index (χ4v) is 8.64. The molecule has 2 aliphatic rings. The van der Waals surface area contributed by atoms with E-state index in [1.807, 2.05) is 91.5 Å². The molecule has 10 heterocycles. The van der Waals surface area contributed by atoms with E-state index in [9.17, 15) is 4.79 Å². The van der Waals surface area contributed by atoms with E-state index in [0.29, 0.717) is 29.2 Å². The Morgan fingerprint density at radius 1 is 0.642 bits per heavy atom. The number of nitrogens with zero attached hydrogens (tertiary/aromatic N) is 15. The molecule has 22 heteroatoms. The minimum atomic E-state index is -0.462. The molecule has 3 N–H and O–H groups in total. The third-order valence-electron chi connectivity index (χ3n) is 11.2. The Labute approximate surface area is 395 Å². The van der Waals surface area contributed by atoms with Gasteiger partial charge in [0.05, 0.1) is 34.5 Å². The molecular formula is C45H54N18O2S2. The second-order valence-electron chi connectivity index (χ2n) is 17.2. The van der Waals surface area contributed by atoms with Gasteiger partial charge < -0.3 is 30.5 Å². The number of piperazine rings is 2. The molecule has 10 rings (SSSR count). The number of aryl methyl sites for hydroxylation is 2. The third-order valence-corrected chi connectivity index (χ3v) is 12.4. The molecule has 2 aliphatic heterocycles. The molecule has 67 heavy (non-hydrogen) atoms. The molecule has 348 valence electrons. The van der Waals surface area contributed by atoms with Gasteiger partial charge in [0.25, 0.3) is 0 Å². The van der Waals surface area contributed by atoms with Crippen molar-refractivity contribution in [1.29, 1.82) is 0 Å². The van der Waals surface area contributed by atoms with Crippen LogP contribution in [0.25, 0.3) is 44.3 Å². The summed E-state index contributed by atoms with van der Waals surface area (Å²) in [5.74, 6) is 1.42. The monoisotopic (exact) mass is 942 g/mol. The van der Waals surface area contributed by atoms with Gasteiger partial charge in [-0.05, 0) is 76.6 Å². The first-order chi connectivity index (χ1) is 32.7. The van der Waals surface area contributed by atoms with Crippen LogP contribution in [0.5, 0.6) is 0 Å². The van der Waals surface area contributed by atoms with Gasteiger partial charge >= 0.3 is 6.09 Å². The van der Waals surface area contributed by atoms with E-state index >= 15 is 0 Å². The van der Waals surface area contributed by atoms with Gasteiger partial charge in [-0.3, -0.25) is 24.2 Å². The molecular weight excluding hydrogens is 889 g/mol. The van der Waals surface area contributed by atoms with E-state index in [2.05, 4.69) is 88.5 Å². The summed E-state index contributed by atoms with van der Waals surface area (Å²) in [4.78, 5) is 37.4. The fraction of sp³-hybridized carbons (Fsp3) is 0.400. The molecule has 0 bridgehead atoms. The van der Waals surface area contributed by atoms with Crippen LogP contribution in [0.3, 0.4) is 0 Å².